The Morgan fingerprint density at radius 3 is 2.81 bits per heavy atom. The highest BCUT2D eigenvalue weighted by atomic mass is 127. The van der Waals surface area contributed by atoms with Crippen LogP contribution in [0.3, 0.4) is 0 Å². The van der Waals surface area contributed by atoms with Crippen LogP contribution < -0.4 is 10.6 Å². The Balaban J connectivity index is 2.31. The predicted octanol–water partition coefficient (Wildman–Crippen LogP) is 2.48. The maximum absolute atomic E-state index is 11.4. The van der Waals surface area contributed by atoms with Crippen LogP contribution in [0.4, 0.5) is 5.69 Å². The van der Waals surface area contributed by atoms with E-state index in [-0.39, 0.29) is 5.91 Å². The summed E-state index contributed by atoms with van der Waals surface area (Å²) in [6, 6.07) is 7.95. The SMILES string of the molecule is CC(C)CNC(=O)CNc1cccc(I)c1. The average Bonchev–Trinajstić information content (AvgIpc) is 2.23. The number of amides is 1. The van der Waals surface area contributed by atoms with Crippen LogP contribution in [0, 0.1) is 9.49 Å². The van der Waals surface area contributed by atoms with Gasteiger partial charge in [0.15, 0.2) is 0 Å². The zero-order valence-corrected chi connectivity index (χ0v) is 11.7. The largest absolute Gasteiger partial charge is 0.376 e. The van der Waals surface area contributed by atoms with Gasteiger partial charge in [-0.2, -0.15) is 0 Å². The fourth-order valence-corrected chi connectivity index (χ4v) is 1.70. The Hall–Kier alpha value is -0.780. The Morgan fingerprint density at radius 2 is 2.19 bits per heavy atom. The molecule has 0 aliphatic heterocycles. The van der Waals surface area contributed by atoms with Gasteiger partial charge in [-0.25, -0.2) is 0 Å². The van der Waals surface area contributed by atoms with Crippen molar-refractivity contribution in [3.63, 3.8) is 0 Å². The second-order valence-corrected chi connectivity index (χ2v) is 5.31. The molecule has 2 N–H and O–H groups in total. The highest BCUT2D eigenvalue weighted by Crippen LogP contribution is 2.11. The molecule has 3 nitrogen and oxygen atoms in total. The average molecular weight is 332 g/mol. The number of hydrogen-bond acceptors (Lipinski definition) is 2. The summed E-state index contributed by atoms with van der Waals surface area (Å²) in [5, 5.41) is 5.96. The van der Waals surface area contributed by atoms with Crippen LogP contribution in [0.5, 0.6) is 0 Å². The maximum atomic E-state index is 11.4. The standard InChI is InChI=1S/C12H17IN2O/c1-9(2)7-15-12(16)8-14-11-5-3-4-10(13)6-11/h3-6,9,14H,7-8H2,1-2H3,(H,15,16). The van der Waals surface area contributed by atoms with Crippen LogP contribution in [-0.4, -0.2) is 19.0 Å². The molecule has 88 valence electrons. The van der Waals surface area contributed by atoms with E-state index in [1.807, 2.05) is 24.3 Å². The van der Waals surface area contributed by atoms with Crippen molar-refractivity contribution < 1.29 is 4.79 Å². The van der Waals surface area contributed by atoms with Gasteiger partial charge in [-0.15, -0.1) is 0 Å². The molecule has 0 saturated carbocycles. The van der Waals surface area contributed by atoms with Gasteiger partial charge in [-0.05, 0) is 46.7 Å². The summed E-state index contributed by atoms with van der Waals surface area (Å²) < 4.78 is 1.16. The van der Waals surface area contributed by atoms with E-state index in [2.05, 4.69) is 47.1 Å². The van der Waals surface area contributed by atoms with Gasteiger partial charge in [0, 0.05) is 15.8 Å². The molecule has 0 unspecified atom stereocenters. The van der Waals surface area contributed by atoms with E-state index in [1.54, 1.807) is 0 Å². The molecule has 1 amide bonds. The van der Waals surface area contributed by atoms with Crippen LogP contribution in [0.25, 0.3) is 0 Å². The molecule has 1 aromatic carbocycles. The first-order valence-electron chi connectivity index (χ1n) is 5.34. The molecule has 16 heavy (non-hydrogen) atoms. The second kappa shape index (κ2) is 6.73. The third-order valence-corrected chi connectivity index (χ3v) is 2.66. The molecule has 0 fully saturated rings. The third-order valence-electron chi connectivity index (χ3n) is 1.99. The summed E-state index contributed by atoms with van der Waals surface area (Å²) in [4.78, 5) is 11.4. The topological polar surface area (TPSA) is 41.1 Å². The maximum Gasteiger partial charge on any atom is 0.239 e. The quantitative estimate of drug-likeness (QED) is 0.814. The first kappa shape index (κ1) is 13.3. The number of rotatable bonds is 5. The lowest BCUT2D eigenvalue weighted by Gasteiger charge is -2.09. The highest BCUT2D eigenvalue weighted by molar-refractivity contribution is 14.1. The molecular formula is C12H17IN2O. The van der Waals surface area contributed by atoms with Gasteiger partial charge in [0.05, 0.1) is 6.54 Å². The number of hydrogen-bond donors (Lipinski definition) is 2. The summed E-state index contributed by atoms with van der Waals surface area (Å²) in [7, 11) is 0. The number of benzene rings is 1. The summed E-state index contributed by atoms with van der Waals surface area (Å²) >= 11 is 2.25. The lowest BCUT2D eigenvalue weighted by atomic mass is 10.2. The van der Waals surface area contributed by atoms with Crippen molar-refractivity contribution in [3.05, 3.63) is 27.8 Å². The van der Waals surface area contributed by atoms with Crippen LogP contribution in [0.15, 0.2) is 24.3 Å². The number of anilines is 1. The summed E-state index contributed by atoms with van der Waals surface area (Å²) in [6.07, 6.45) is 0. The highest BCUT2D eigenvalue weighted by Gasteiger charge is 2.01. The number of carbonyl (C=O) groups excluding carboxylic acids is 1. The second-order valence-electron chi connectivity index (χ2n) is 4.06. The van der Waals surface area contributed by atoms with Crippen molar-refractivity contribution >= 4 is 34.2 Å². The molecule has 0 aliphatic carbocycles. The Morgan fingerprint density at radius 1 is 1.44 bits per heavy atom. The minimum Gasteiger partial charge on any atom is -0.376 e. The van der Waals surface area contributed by atoms with Crippen LogP contribution in [0.1, 0.15) is 13.8 Å². The van der Waals surface area contributed by atoms with E-state index in [0.717, 1.165) is 15.8 Å². The Kier molecular flexibility index (Phi) is 5.59. The first-order valence-corrected chi connectivity index (χ1v) is 6.42. The van der Waals surface area contributed by atoms with Gasteiger partial charge in [-0.1, -0.05) is 19.9 Å². The van der Waals surface area contributed by atoms with Gasteiger partial charge >= 0.3 is 0 Å². The van der Waals surface area contributed by atoms with Crippen molar-refractivity contribution in [2.24, 2.45) is 5.92 Å². The van der Waals surface area contributed by atoms with Crippen LogP contribution in [0.2, 0.25) is 0 Å². The Bertz CT molecular complexity index is 353. The van der Waals surface area contributed by atoms with Crippen molar-refractivity contribution in [3.8, 4) is 0 Å². The Labute approximate surface area is 110 Å². The normalized spacial score (nSPS) is 10.2. The van der Waals surface area contributed by atoms with Gasteiger partial charge in [0.2, 0.25) is 5.91 Å². The molecule has 0 atom stereocenters. The van der Waals surface area contributed by atoms with Crippen LogP contribution in [-0.2, 0) is 4.79 Å². The first-order chi connectivity index (χ1) is 7.58. The summed E-state index contributed by atoms with van der Waals surface area (Å²) in [5.74, 6) is 0.522. The lowest BCUT2D eigenvalue weighted by molar-refractivity contribution is -0.119. The smallest absolute Gasteiger partial charge is 0.239 e. The fraction of sp³-hybridized carbons (Fsp3) is 0.417. The third kappa shape index (κ3) is 5.34. The molecule has 0 saturated heterocycles. The van der Waals surface area contributed by atoms with E-state index >= 15 is 0 Å². The molecule has 0 spiro atoms. The van der Waals surface area contributed by atoms with E-state index in [1.165, 1.54) is 0 Å². The summed E-state index contributed by atoms with van der Waals surface area (Å²) in [5.41, 5.74) is 0.978. The molecule has 1 aromatic rings. The van der Waals surface area contributed by atoms with Gasteiger partial charge in [0.25, 0.3) is 0 Å². The molecule has 0 radical (unpaired) electrons. The summed E-state index contributed by atoms with van der Waals surface area (Å²) in [6.45, 7) is 5.21. The van der Waals surface area contributed by atoms with Gasteiger partial charge < -0.3 is 10.6 Å². The molecule has 0 heterocycles. The lowest BCUT2D eigenvalue weighted by Crippen LogP contribution is -2.32. The minimum atomic E-state index is 0.0348. The van der Waals surface area contributed by atoms with Crippen molar-refractivity contribution in [1.82, 2.24) is 5.32 Å². The molecule has 0 bridgehead atoms. The van der Waals surface area contributed by atoms with E-state index in [4.69, 9.17) is 0 Å². The molecule has 1 rings (SSSR count). The van der Waals surface area contributed by atoms with Gasteiger partial charge in [0.1, 0.15) is 0 Å². The fourth-order valence-electron chi connectivity index (χ4n) is 1.16. The molecule has 0 aromatic heterocycles. The van der Waals surface area contributed by atoms with E-state index < -0.39 is 0 Å². The van der Waals surface area contributed by atoms with Crippen molar-refractivity contribution in [1.29, 1.82) is 0 Å². The number of nitrogens with one attached hydrogen (secondary N) is 2. The van der Waals surface area contributed by atoms with Crippen molar-refractivity contribution in [2.75, 3.05) is 18.4 Å². The zero-order chi connectivity index (χ0) is 12.0. The van der Waals surface area contributed by atoms with Gasteiger partial charge in [-0.3, -0.25) is 4.79 Å². The molecule has 0 aliphatic rings. The molecular weight excluding hydrogens is 315 g/mol. The van der Waals surface area contributed by atoms with Crippen molar-refractivity contribution in [2.45, 2.75) is 13.8 Å². The number of halogens is 1. The monoisotopic (exact) mass is 332 g/mol. The predicted molar refractivity (Wildman–Crippen MR) is 75.5 cm³/mol. The molecule has 4 heteroatoms. The minimum absolute atomic E-state index is 0.0348. The number of carbonyl (C=O) groups is 1. The zero-order valence-electron chi connectivity index (χ0n) is 9.59. The van der Waals surface area contributed by atoms with E-state index in [9.17, 15) is 4.79 Å². The van der Waals surface area contributed by atoms with Crippen LogP contribution >= 0.6 is 22.6 Å². The van der Waals surface area contributed by atoms with E-state index in [0.29, 0.717) is 12.5 Å².